The molecule has 1 N–H and O–H groups in total. The van der Waals surface area contributed by atoms with Gasteiger partial charge in [-0.15, -0.1) is 0 Å². The van der Waals surface area contributed by atoms with E-state index in [4.69, 9.17) is 16.3 Å². The number of aromatic nitrogens is 2. The van der Waals surface area contributed by atoms with E-state index in [0.29, 0.717) is 11.4 Å². The summed E-state index contributed by atoms with van der Waals surface area (Å²) in [5.41, 5.74) is 0.605. The second kappa shape index (κ2) is 3.31. The molecule has 0 aliphatic rings. The monoisotopic (exact) mass is 210 g/mol. The third-order valence-corrected chi connectivity index (χ3v) is 1.91. The van der Waals surface area contributed by atoms with E-state index in [1.807, 2.05) is 0 Å². The largest absolute Gasteiger partial charge is 0.426 e. The lowest BCUT2D eigenvalue weighted by molar-refractivity contribution is -0.131. The van der Waals surface area contributed by atoms with Crippen LogP contribution in [0.4, 0.5) is 0 Å². The number of fused-ring (bicyclic) bond motifs is 1. The fraction of sp³-hybridized carbons (Fsp3) is 0.111. The Hall–Kier alpha value is -1.55. The second-order valence-electron chi connectivity index (χ2n) is 2.78. The van der Waals surface area contributed by atoms with E-state index in [2.05, 4.69) is 9.97 Å². The van der Waals surface area contributed by atoms with E-state index in [-0.39, 0.29) is 11.1 Å². The first-order chi connectivity index (χ1) is 6.66. The minimum atomic E-state index is -0.380. The number of hydrogen-bond acceptors (Lipinski definition) is 3. The minimum absolute atomic E-state index is 0.288. The Morgan fingerprint density at radius 2 is 2.43 bits per heavy atom. The molecule has 0 amide bonds. The number of ether oxygens (including phenoxy) is 1. The summed E-state index contributed by atoms with van der Waals surface area (Å²) in [6.45, 7) is 1.34. The molecule has 2 heterocycles. The molecule has 72 valence electrons. The Bertz CT molecular complexity index is 493. The van der Waals surface area contributed by atoms with Crippen LogP contribution in [0.25, 0.3) is 11.0 Å². The van der Waals surface area contributed by atoms with E-state index in [0.717, 1.165) is 5.39 Å². The number of hydrogen-bond donors (Lipinski definition) is 1. The molecule has 2 rings (SSSR count). The molecule has 2 aromatic rings. The number of rotatable bonds is 1. The van der Waals surface area contributed by atoms with E-state index in [9.17, 15) is 4.79 Å². The van der Waals surface area contributed by atoms with Crippen molar-refractivity contribution in [2.24, 2.45) is 0 Å². The summed E-state index contributed by atoms with van der Waals surface area (Å²) in [4.78, 5) is 17.7. The molecule has 14 heavy (non-hydrogen) atoms. The number of pyridine rings is 1. The molecule has 0 aliphatic heterocycles. The fourth-order valence-electron chi connectivity index (χ4n) is 1.22. The van der Waals surface area contributed by atoms with Crippen LogP contribution in [0, 0.1) is 0 Å². The molecular weight excluding hydrogens is 204 g/mol. The van der Waals surface area contributed by atoms with E-state index < -0.39 is 0 Å². The van der Waals surface area contributed by atoms with Crippen molar-refractivity contribution in [1.29, 1.82) is 0 Å². The normalized spacial score (nSPS) is 10.4. The van der Waals surface area contributed by atoms with Crippen molar-refractivity contribution in [3.8, 4) is 5.75 Å². The summed E-state index contributed by atoms with van der Waals surface area (Å²) >= 11 is 5.74. The van der Waals surface area contributed by atoms with E-state index in [1.54, 1.807) is 12.3 Å². The maximum Gasteiger partial charge on any atom is 0.308 e. The van der Waals surface area contributed by atoms with Crippen LogP contribution in [0.5, 0.6) is 5.75 Å². The van der Waals surface area contributed by atoms with E-state index in [1.165, 1.54) is 13.0 Å². The molecule has 4 nitrogen and oxygen atoms in total. The maximum absolute atomic E-state index is 10.8. The average molecular weight is 211 g/mol. The topological polar surface area (TPSA) is 55.0 Å². The summed E-state index contributed by atoms with van der Waals surface area (Å²) in [5, 5.41) is 1.03. The van der Waals surface area contributed by atoms with Crippen LogP contribution in [0.3, 0.4) is 0 Å². The molecule has 0 saturated carbocycles. The van der Waals surface area contributed by atoms with Crippen LogP contribution >= 0.6 is 11.6 Å². The zero-order valence-electron chi connectivity index (χ0n) is 7.37. The van der Waals surface area contributed by atoms with Gasteiger partial charge in [0.2, 0.25) is 0 Å². The zero-order chi connectivity index (χ0) is 10.1. The molecule has 0 spiro atoms. The van der Waals surface area contributed by atoms with Crippen molar-refractivity contribution >= 4 is 28.6 Å². The molecule has 0 saturated heterocycles. The van der Waals surface area contributed by atoms with Gasteiger partial charge in [-0.1, -0.05) is 11.6 Å². The predicted molar refractivity (Wildman–Crippen MR) is 52.4 cm³/mol. The number of nitrogens with one attached hydrogen (secondary N) is 1. The Balaban J connectivity index is 2.60. The van der Waals surface area contributed by atoms with Crippen molar-refractivity contribution < 1.29 is 9.53 Å². The van der Waals surface area contributed by atoms with Gasteiger partial charge in [-0.2, -0.15) is 0 Å². The number of esters is 1. The number of aromatic amines is 1. The van der Waals surface area contributed by atoms with Crippen LogP contribution in [-0.4, -0.2) is 15.9 Å². The summed E-state index contributed by atoms with van der Waals surface area (Å²) in [7, 11) is 0. The summed E-state index contributed by atoms with van der Waals surface area (Å²) in [6, 6.07) is 3.29. The number of H-pyrrole nitrogens is 1. The van der Waals surface area contributed by atoms with Gasteiger partial charge in [-0.25, -0.2) is 4.98 Å². The maximum atomic E-state index is 10.8. The molecule has 0 atom stereocenters. The first kappa shape index (κ1) is 9.02. The summed E-state index contributed by atoms with van der Waals surface area (Å²) in [6.07, 6.45) is 1.71. The number of nitrogens with zero attached hydrogens (tertiary/aromatic N) is 1. The average Bonchev–Trinajstić information content (AvgIpc) is 2.50. The van der Waals surface area contributed by atoms with Gasteiger partial charge in [-0.3, -0.25) is 4.79 Å². The standard InChI is InChI=1S/C9H7ClN2O2/c1-5(13)14-7-4-8(10)12-9-6(7)2-3-11-9/h2-4H,1H3,(H,11,12). The van der Waals surface area contributed by atoms with Crippen molar-refractivity contribution in [3.63, 3.8) is 0 Å². The molecule has 0 unspecified atom stereocenters. The van der Waals surface area contributed by atoms with Crippen LogP contribution in [0.2, 0.25) is 5.15 Å². The highest BCUT2D eigenvalue weighted by atomic mass is 35.5. The zero-order valence-corrected chi connectivity index (χ0v) is 8.13. The smallest absolute Gasteiger partial charge is 0.308 e. The van der Waals surface area contributed by atoms with Crippen molar-refractivity contribution in [2.45, 2.75) is 6.92 Å². The number of halogens is 1. The highest BCUT2D eigenvalue weighted by molar-refractivity contribution is 6.30. The van der Waals surface area contributed by atoms with Gasteiger partial charge in [0.15, 0.2) is 0 Å². The third-order valence-electron chi connectivity index (χ3n) is 1.71. The highest BCUT2D eigenvalue weighted by Gasteiger charge is 2.08. The molecule has 0 aromatic carbocycles. The molecule has 0 fully saturated rings. The lowest BCUT2D eigenvalue weighted by Crippen LogP contribution is -2.01. The molecule has 2 aromatic heterocycles. The van der Waals surface area contributed by atoms with Gasteiger partial charge in [0.05, 0.1) is 5.39 Å². The molecule has 0 bridgehead atoms. The number of carbonyl (C=O) groups excluding carboxylic acids is 1. The molecule has 0 aliphatic carbocycles. The molecular formula is C9H7ClN2O2. The molecule has 0 radical (unpaired) electrons. The quantitative estimate of drug-likeness (QED) is 0.580. The SMILES string of the molecule is CC(=O)Oc1cc(Cl)nc2[nH]ccc12. The van der Waals surface area contributed by atoms with Crippen LogP contribution < -0.4 is 4.74 Å². The predicted octanol–water partition coefficient (Wildman–Crippen LogP) is 2.14. The van der Waals surface area contributed by atoms with Crippen LogP contribution in [0.15, 0.2) is 18.3 Å². The lowest BCUT2D eigenvalue weighted by atomic mass is 10.3. The van der Waals surface area contributed by atoms with Crippen LogP contribution in [-0.2, 0) is 4.79 Å². The minimum Gasteiger partial charge on any atom is -0.426 e. The Morgan fingerprint density at radius 1 is 1.64 bits per heavy atom. The first-order valence-corrected chi connectivity index (χ1v) is 4.36. The van der Waals surface area contributed by atoms with Gasteiger partial charge < -0.3 is 9.72 Å². The Kier molecular flexibility index (Phi) is 2.13. The summed E-state index contributed by atoms with van der Waals surface area (Å²) in [5.74, 6) is 0.0449. The van der Waals surface area contributed by atoms with Crippen molar-refractivity contribution in [3.05, 3.63) is 23.5 Å². The lowest BCUT2D eigenvalue weighted by Gasteiger charge is -2.02. The van der Waals surface area contributed by atoms with Crippen molar-refractivity contribution in [1.82, 2.24) is 9.97 Å². The first-order valence-electron chi connectivity index (χ1n) is 3.99. The molecule has 5 heteroatoms. The summed E-state index contributed by atoms with van der Waals surface area (Å²) < 4.78 is 4.98. The fourth-order valence-corrected chi connectivity index (χ4v) is 1.40. The number of carbonyl (C=O) groups is 1. The van der Waals surface area contributed by atoms with Gasteiger partial charge in [0.1, 0.15) is 16.5 Å². The second-order valence-corrected chi connectivity index (χ2v) is 3.16. The third kappa shape index (κ3) is 1.56. The van der Waals surface area contributed by atoms with Gasteiger partial charge in [0, 0.05) is 19.2 Å². The van der Waals surface area contributed by atoms with Crippen molar-refractivity contribution in [2.75, 3.05) is 0 Å². The Morgan fingerprint density at radius 3 is 3.14 bits per heavy atom. The van der Waals surface area contributed by atoms with Gasteiger partial charge >= 0.3 is 5.97 Å². The Labute approximate surface area is 84.9 Å². The van der Waals surface area contributed by atoms with Crippen LogP contribution in [0.1, 0.15) is 6.92 Å². The van der Waals surface area contributed by atoms with E-state index >= 15 is 0 Å². The van der Waals surface area contributed by atoms with Gasteiger partial charge in [-0.05, 0) is 6.07 Å². The van der Waals surface area contributed by atoms with Gasteiger partial charge in [0.25, 0.3) is 0 Å². The highest BCUT2D eigenvalue weighted by Crippen LogP contribution is 2.26.